The van der Waals surface area contributed by atoms with E-state index in [-0.39, 0.29) is 5.91 Å². The van der Waals surface area contributed by atoms with Gasteiger partial charge < -0.3 is 11.1 Å². The Balaban J connectivity index is 2.10. The number of carbonyl (C=O) groups is 1. The Morgan fingerprint density at radius 3 is 2.48 bits per heavy atom. The minimum atomic E-state index is -0.234. The highest BCUT2D eigenvalue weighted by Crippen LogP contribution is 2.19. The zero-order valence-electron chi connectivity index (χ0n) is 11.5. The molecule has 0 aliphatic carbocycles. The van der Waals surface area contributed by atoms with Crippen LogP contribution in [0.25, 0.3) is 0 Å². The molecule has 0 aliphatic heterocycles. The molecule has 0 saturated heterocycles. The van der Waals surface area contributed by atoms with Gasteiger partial charge in [0, 0.05) is 12.1 Å². The lowest BCUT2D eigenvalue weighted by Crippen LogP contribution is -2.13. The summed E-state index contributed by atoms with van der Waals surface area (Å²) in [5, 5.41) is 3.25. The quantitative estimate of drug-likeness (QED) is 0.845. The van der Waals surface area contributed by atoms with E-state index in [4.69, 9.17) is 29.6 Å². The zero-order chi connectivity index (χ0) is 15.4. The molecule has 21 heavy (non-hydrogen) atoms. The van der Waals surface area contributed by atoms with Crippen molar-refractivity contribution in [2.45, 2.75) is 13.3 Å². The predicted molar refractivity (Wildman–Crippen MR) is 91.1 cm³/mol. The van der Waals surface area contributed by atoms with Crippen molar-refractivity contribution < 1.29 is 4.79 Å². The van der Waals surface area contributed by atoms with Gasteiger partial charge in [0.2, 0.25) is 0 Å². The molecule has 0 unspecified atom stereocenters. The van der Waals surface area contributed by atoms with Crippen molar-refractivity contribution in [3.05, 3.63) is 64.2 Å². The van der Waals surface area contributed by atoms with Crippen LogP contribution in [-0.2, 0) is 6.42 Å². The van der Waals surface area contributed by atoms with Crippen molar-refractivity contribution in [3.63, 3.8) is 0 Å². The number of amides is 1. The van der Waals surface area contributed by atoms with E-state index >= 15 is 0 Å². The minimum absolute atomic E-state index is 0.234. The van der Waals surface area contributed by atoms with E-state index in [0.29, 0.717) is 27.7 Å². The van der Waals surface area contributed by atoms with Crippen LogP contribution in [0.3, 0.4) is 0 Å². The van der Waals surface area contributed by atoms with Crippen LogP contribution in [0.5, 0.6) is 0 Å². The van der Waals surface area contributed by atoms with E-state index in [0.717, 1.165) is 11.1 Å². The monoisotopic (exact) mass is 318 g/mol. The number of anilines is 1. The van der Waals surface area contributed by atoms with Crippen LogP contribution < -0.4 is 11.1 Å². The fraction of sp³-hybridized carbons (Fsp3) is 0.125. The third-order valence-corrected chi connectivity index (χ3v) is 3.42. The summed E-state index contributed by atoms with van der Waals surface area (Å²) in [7, 11) is 0. The SMILES string of the molecule is Cc1ccc(C(=O)Nc2ccc(CC(N)=S)cc2)c(Cl)c1. The van der Waals surface area contributed by atoms with Crippen LogP contribution in [0.4, 0.5) is 5.69 Å². The molecule has 0 aromatic heterocycles. The summed E-state index contributed by atoms with van der Waals surface area (Å²) in [6, 6.07) is 12.7. The number of nitrogens with two attached hydrogens (primary N) is 1. The topological polar surface area (TPSA) is 55.1 Å². The van der Waals surface area contributed by atoms with Gasteiger partial charge in [0.15, 0.2) is 0 Å². The Morgan fingerprint density at radius 1 is 1.24 bits per heavy atom. The number of rotatable bonds is 4. The van der Waals surface area contributed by atoms with E-state index in [1.807, 2.05) is 37.3 Å². The molecule has 3 N–H and O–H groups in total. The second-order valence-corrected chi connectivity index (χ2v) is 5.71. The second kappa shape index (κ2) is 6.70. The molecule has 108 valence electrons. The molecule has 0 atom stereocenters. The third-order valence-electron chi connectivity index (χ3n) is 2.96. The Hall–Kier alpha value is -1.91. The van der Waals surface area contributed by atoms with E-state index < -0.39 is 0 Å². The van der Waals surface area contributed by atoms with Crippen LogP contribution in [0, 0.1) is 6.92 Å². The molecule has 0 heterocycles. The van der Waals surface area contributed by atoms with Gasteiger partial charge in [-0.25, -0.2) is 0 Å². The van der Waals surface area contributed by atoms with Crippen LogP contribution in [-0.4, -0.2) is 10.9 Å². The van der Waals surface area contributed by atoms with E-state index in [1.54, 1.807) is 12.1 Å². The van der Waals surface area contributed by atoms with Crippen molar-refractivity contribution >= 4 is 40.4 Å². The summed E-state index contributed by atoms with van der Waals surface area (Å²) in [5.74, 6) is -0.234. The molecule has 2 rings (SSSR count). The van der Waals surface area contributed by atoms with Crippen LogP contribution >= 0.6 is 23.8 Å². The summed E-state index contributed by atoms with van der Waals surface area (Å²) < 4.78 is 0. The van der Waals surface area contributed by atoms with Crippen molar-refractivity contribution in [3.8, 4) is 0 Å². The van der Waals surface area contributed by atoms with Gasteiger partial charge in [-0.05, 0) is 42.3 Å². The zero-order valence-corrected chi connectivity index (χ0v) is 13.1. The maximum Gasteiger partial charge on any atom is 0.257 e. The molecule has 0 aliphatic rings. The maximum atomic E-state index is 12.2. The van der Waals surface area contributed by atoms with Gasteiger partial charge in [-0.3, -0.25) is 4.79 Å². The summed E-state index contributed by atoms with van der Waals surface area (Å²) >= 11 is 10.9. The number of halogens is 1. The van der Waals surface area contributed by atoms with E-state index in [2.05, 4.69) is 5.32 Å². The number of carbonyl (C=O) groups excluding carboxylic acids is 1. The number of hydrogen-bond donors (Lipinski definition) is 2. The molecule has 0 radical (unpaired) electrons. The number of nitrogens with one attached hydrogen (secondary N) is 1. The Morgan fingerprint density at radius 2 is 1.90 bits per heavy atom. The lowest BCUT2D eigenvalue weighted by molar-refractivity contribution is 0.102. The smallest absolute Gasteiger partial charge is 0.257 e. The Kier molecular flexibility index (Phi) is 4.94. The highest BCUT2D eigenvalue weighted by atomic mass is 35.5. The Labute approximate surface area is 134 Å². The lowest BCUT2D eigenvalue weighted by Gasteiger charge is -2.08. The third kappa shape index (κ3) is 4.28. The summed E-state index contributed by atoms with van der Waals surface area (Å²) in [6.07, 6.45) is 0.549. The van der Waals surface area contributed by atoms with Crippen LogP contribution in [0.2, 0.25) is 5.02 Å². The second-order valence-electron chi connectivity index (χ2n) is 4.78. The fourth-order valence-electron chi connectivity index (χ4n) is 1.91. The van der Waals surface area contributed by atoms with Gasteiger partial charge in [0.25, 0.3) is 5.91 Å². The van der Waals surface area contributed by atoms with Gasteiger partial charge in [0.1, 0.15) is 0 Å². The number of aryl methyl sites for hydroxylation is 1. The molecule has 3 nitrogen and oxygen atoms in total. The predicted octanol–water partition coefficient (Wildman–Crippen LogP) is 3.73. The van der Waals surface area contributed by atoms with Crippen LogP contribution in [0.15, 0.2) is 42.5 Å². The van der Waals surface area contributed by atoms with Crippen molar-refractivity contribution in [2.24, 2.45) is 5.73 Å². The van der Waals surface area contributed by atoms with E-state index in [1.165, 1.54) is 0 Å². The summed E-state index contributed by atoms with van der Waals surface area (Å²) in [5.41, 5.74) is 8.67. The van der Waals surface area contributed by atoms with Gasteiger partial charge in [0.05, 0.1) is 15.6 Å². The molecular formula is C16H15ClN2OS. The van der Waals surface area contributed by atoms with Crippen molar-refractivity contribution in [1.29, 1.82) is 0 Å². The lowest BCUT2D eigenvalue weighted by atomic mass is 10.1. The average molecular weight is 319 g/mol. The molecule has 0 spiro atoms. The van der Waals surface area contributed by atoms with Gasteiger partial charge in [-0.2, -0.15) is 0 Å². The Bertz CT molecular complexity index is 683. The van der Waals surface area contributed by atoms with Crippen molar-refractivity contribution in [2.75, 3.05) is 5.32 Å². The molecule has 0 bridgehead atoms. The maximum absolute atomic E-state index is 12.2. The summed E-state index contributed by atoms with van der Waals surface area (Å²) in [4.78, 5) is 12.6. The first kappa shape index (κ1) is 15.5. The molecule has 0 saturated carbocycles. The first-order chi connectivity index (χ1) is 9.95. The molecule has 2 aromatic carbocycles. The molecule has 5 heteroatoms. The average Bonchev–Trinajstić information content (AvgIpc) is 2.40. The first-order valence-electron chi connectivity index (χ1n) is 6.40. The highest BCUT2D eigenvalue weighted by molar-refractivity contribution is 7.80. The van der Waals surface area contributed by atoms with Gasteiger partial charge in [-0.15, -0.1) is 0 Å². The number of benzene rings is 2. The molecule has 1 amide bonds. The standard InChI is InChI=1S/C16H15ClN2OS/c1-10-2-7-13(14(17)8-10)16(20)19-12-5-3-11(4-6-12)9-15(18)21/h2-8H,9H2,1H3,(H2,18,21)(H,19,20). The number of hydrogen-bond acceptors (Lipinski definition) is 2. The largest absolute Gasteiger partial charge is 0.393 e. The van der Waals surface area contributed by atoms with E-state index in [9.17, 15) is 4.79 Å². The minimum Gasteiger partial charge on any atom is -0.393 e. The number of thiocarbonyl (C=S) groups is 1. The van der Waals surface area contributed by atoms with Gasteiger partial charge in [-0.1, -0.05) is 42.0 Å². The molecule has 0 fully saturated rings. The normalized spacial score (nSPS) is 10.2. The van der Waals surface area contributed by atoms with Crippen LogP contribution in [0.1, 0.15) is 21.5 Å². The highest BCUT2D eigenvalue weighted by Gasteiger charge is 2.10. The summed E-state index contributed by atoms with van der Waals surface area (Å²) in [6.45, 7) is 1.92. The molecular weight excluding hydrogens is 304 g/mol. The first-order valence-corrected chi connectivity index (χ1v) is 7.19. The van der Waals surface area contributed by atoms with Gasteiger partial charge >= 0.3 is 0 Å². The molecule has 2 aromatic rings. The fourth-order valence-corrected chi connectivity index (χ4v) is 2.40. The van der Waals surface area contributed by atoms with Crippen molar-refractivity contribution in [1.82, 2.24) is 0 Å².